The largest absolute Gasteiger partial charge is 0.444 e. The Kier molecular flexibility index (Phi) is 6.45. The van der Waals surface area contributed by atoms with Gasteiger partial charge in [0.25, 0.3) is 0 Å². The zero-order valence-corrected chi connectivity index (χ0v) is 10.5. The number of rotatable bonds is 6. The molecule has 0 saturated carbocycles. The molecule has 78 valence electrons. The molecule has 0 aliphatic carbocycles. The Bertz CT molecular complexity index is 160. The zero-order valence-electron chi connectivity index (χ0n) is 8.31. The monoisotopic (exact) mass is 299 g/mol. The van der Waals surface area contributed by atoms with Crippen molar-refractivity contribution in [1.29, 1.82) is 0 Å². The van der Waals surface area contributed by atoms with Crippen LogP contribution in [0.3, 0.4) is 0 Å². The average Bonchev–Trinajstić information content (AvgIpc) is 1.95. The van der Waals surface area contributed by atoms with Crippen LogP contribution in [0.15, 0.2) is 0 Å². The zero-order chi connectivity index (χ0) is 10.3. The van der Waals surface area contributed by atoms with Crippen LogP contribution in [-0.2, 0) is 4.74 Å². The fourth-order valence-corrected chi connectivity index (χ4v) is 1.68. The van der Waals surface area contributed by atoms with Gasteiger partial charge in [-0.15, -0.1) is 0 Å². The molecule has 13 heavy (non-hydrogen) atoms. The lowest BCUT2D eigenvalue weighted by atomic mass is 10.0. The number of nitrogens with two attached hydrogens (primary N) is 1. The summed E-state index contributed by atoms with van der Waals surface area (Å²) < 4.78 is 6.14. The molecule has 4 heteroatoms. The smallest absolute Gasteiger partial charge is 0.405 e. The predicted molar refractivity (Wildman–Crippen MR) is 62.1 cm³/mol. The van der Waals surface area contributed by atoms with E-state index in [4.69, 9.17) is 10.5 Å². The summed E-state index contributed by atoms with van der Waals surface area (Å²) in [6.07, 6.45) is 3.70. The average molecular weight is 299 g/mol. The van der Waals surface area contributed by atoms with Crippen LogP contribution < -0.4 is 5.73 Å². The Morgan fingerprint density at radius 1 is 1.38 bits per heavy atom. The van der Waals surface area contributed by atoms with Crippen molar-refractivity contribution in [2.75, 3.05) is 4.43 Å². The Hall–Kier alpha value is 0. The standard InChI is InChI=1S/C9H18INO2/c1-9(2,13-8(11)12)6-4-3-5-7-10/h3-7H2,1-2H3,(H2,11,12). The SMILES string of the molecule is CC(C)(CCCCCI)OC(N)=O. The normalized spacial score (nSPS) is 11.3. The molecule has 0 spiro atoms. The van der Waals surface area contributed by atoms with Crippen molar-refractivity contribution in [2.24, 2.45) is 5.73 Å². The molecule has 0 atom stereocenters. The van der Waals surface area contributed by atoms with Gasteiger partial charge in [-0.3, -0.25) is 0 Å². The van der Waals surface area contributed by atoms with Gasteiger partial charge in [0.1, 0.15) is 5.60 Å². The van der Waals surface area contributed by atoms with Crippen LogP contribution >= 0.6 is 22.6 Å². The summed E-state index contributed by atoms with van der Waals surface area (Å²) in [5, 5.41) is 0. The van der Waals surface area contributed by atoms with E-state index in [1.54, 1.807) is 0 Å². The molecule has 0 bridgehead atoms. The first kappa shape index (κ1) is 13.0. The number of hydrogen-bond acceptors (Lipinski definition) is 2. The van der Waals surface area contributed by atoms with E-state index < -0.39 is 11.7 Å². The minimum absolute atomic E-state index is 0.406. The number of amides is 1. The molecule has 1 amide bonds. The van der Waals surface area contributed by atoms with Crippen LogP contribution in [0.25, 0.3) is 0 Å². The number of unbranched alkanes of at least 4 members (excludes halogenated alkanes) is 2. The van der Waals surface area contributed by atoms with Crippen molar-refractivity contribution < 1.29 is 9.53 Å². The molecular weight excluding hydrogens is 281 g/mol. The Labute approximate surface area is 93.5 Å². The Balaban J connectivity index is 3.56. The molecule has 0 aromatic carbocycles. The van der Waals surface area contributed by atoms with E-state index >= 15 is 0 Å². The van der Waals surface area contributed by atoms with Crippen molar-refractivity contribution in [1.82, 2.24) is 0 Å². The van der Waals surface area contributed by atoms with Crippen LogP contribution in [0.1, 0.15) is 39.5 Å². The lowest BCUT2D eigenvalue weighted by Crippen LogP contribution is -2.30. The van der Waals surface area contributed by atoms with Gasteiger partial charge in [0.15, 0.2) is 0 Å². The summed E-state index contributed by atoms with van der Waals surface area (Å²) in [5.41, 5.74) is 4.54. The van der Waals surface area contributed by atoms with Crippen molar-refractivity contribution in [2.45, 2.75) is 45.1 Å². The highest BCUT2D eigenvalue weighted by molar-refractivity contribution is 14.1. The fraction of sp³-hybridized carbons (Fsp3) is 0.889. The predicted octanol–water partition coefficient (Wildman–Crippen LogP) is 2.86. The van der Waals surface area contributed by atoms with Crippen LogP contribution in [0.4, 0.5) is 4.79 Å². The van der Waals surface area contributed by atoms with Gasteiger partial charge in [0.2, 0.25) is 0 Å². The number of carbonyl (C=O) groups is 1. The lowest BCUT2D eigenvalue weighted by Gasteiger charge is -2.23. The maximum atomic E-state index is 10.5. The van der Waals surface area contributed by atoms with Gasteiger partial charge in [-0.05, 0) is 37.5 Å². The van der Waals surface area contributed by atoms with Crippen LogP contribution in [0.5, 0.6) is 0 Å². The van der Waals surface area contributed by atoms with Gasteiger partial charge in [-0.2, -0.15) is 0 Å². The summed E-state index contributed by atoms with van der Waals surface area (Å²) >= 11 is 2.36. The summed E-state index contributed by atoms with van der Waals surface area (Å²) in [6.45, 7) is 3.78. The first-order valence-corrected chi connectivity index (χ1v) is 6.05. The summed E-state index contributed by atoms with van der Waals surface area (Å²) in [4.78, 5) is 10.5. The molecule has 0 aromatic heterocycles. The quantitative estimate of drug-likeness (QED) is 0.466. The van der Waals surface area contributed by atoms with Crippen molar-refractivity contribution in [3.63, 3.8) is 0 Å². The summed E-state index contributed by atoms with van der Waals surface area (Å²) in [6, 6.07) is 0. The highest BCUT2D eigenvalue weighted by atomic mass is 127. The minimum Gasteiger partial charge on any atom is -0.444 e. The molecule has 0 heterocycles. The number of ether oxygens (including phenoxy) is 1. The number of halogens is 1. The molecule has 0 saturated heterocycles. The number of hydrogen-bond donors (Lipinski definition) is 1. The lowest BCUT2D eigenvalue weighted by molar-refractivity contribution is 0.0373. The van der Waals surface area contributed by atoms with Gasteiger partial charge in [0, 0.05) is 0 Å². The molecule has 0 aliphatic heterocycles. The highest BCUT2D eigenvalue weighted by Gasteiger charge is 2.20. The fourth-order valence-electron chi connectivity index (χ4n) is 1.15. The van der Waals surface area contributed by atoms with Gasteiger partial charge in [-0.25, -0.2) is 4.79 Å². The van der Waals surface area contributed by atoms with Crippen LogP contribution in [0, 0.1) is 0 Å². The van der Waals surface area contributed by atoms with E-state index in [-0.39, 0.29) is 0 Å². The van der Waals surface area contributed by atoms with Gasteiger partial charge >= 0.3 is 6.09 Å². The van der Waals surface area contributed by atoms with E-state index in [0.717, 1.165) is 12.8 Å². The van der Waals surface area contributed by atoms with E-state index in [9.17, 15) is 4.79 Å². The van der Waals surface area contributed by atoms with Gasteiger partial charge < -0.3 is 10.5 Å². The third kappa shape index (κ3) is 8.33. The topological polar surface area (TPSA) is 52.3 Å². The molecular formula is C9H18INO2. The number of carbonyl (C=O) groups excluding carboxylic acids is 1. The van der Waals surface area contributed by atoms with E-state index in [2.05, 4.69) is 22.6 Å². The number of primary amides is 1. The molecule has 0 unspecified atom stereocenters. The van der Waals surface area contributed by atoms with Gasteiger partial charge in [-0.1, -0.05) is 29.0 Å². The highest BCUT2D eigenvalue weighted by Crippen LogP contribution is 2.18. The van der Waals surface area contributed by atoms with Crippen LogP contribution in [0.2, 0.25) is 0 Å². The Morgan fingerprint density at radius 3 is 2.46 bits per heavy atom. The maximum absolute atomic E-state index is 10.5. The molecule has 0 radical (unpaired) electrons. The van der Waals surface area contributed by atoms with Gasteiger partial charge in [0.05, 0.1) is 0 Å². The summed E-state index contributed by atoms with van der Waals surface area (Å²) in [5.74, 6) is 0. The molecule has 2 N–H and O–H groups in total. The third-order valence-corrected chi connectivity index (χ3v) is 2.55. The second-order valence-corrected chi connectivity index (χ2v) is 4.76. The van der Waals surface area contributed by atoms with E-state index in [1.807, 2.05) is 13.8 Å². The number of alkyl halides is 1. The Morgan fingerprint density at radius 2 is 2.00 bits per heavy atom. The van der Waals surface area contributed by atoms with Crippen molar-refractivity contribution in [3.8, 4) is 0 Å². The maximum Gasteiger partial charge on any atom is 0.405 e. The molecule has 3 nitrogen and oxygen atoms in total. The summed E-state index contributed by atoms with van der Waals surface area (Å²) in [7, 11) is 0. The first-order chi connectivity index (χ1) is 5.98. The molecule has 0 aromatic rings. The van der Waals surface area contributed by atoms with Crippen molar-refractivity contribution in [3.05, 3.63) is 0 Å². The van der Waals surface area contributed by atoms with E-state index in [1.165, 1.54) is 17.3 Å². The van der Waals surface area contributed by atoms with Crippen molar-refractivity contribution >= 4 is 28.7 Å². The third-order valence-electron chi connectivity index (χ3n) is 1.79. The van der Waals surface area contributed by atoms with E-state index in [0.29, 0.717) is 0 Å². The second kappa shape index (κ2) is 6.45. The molecule has 0 aliphatic rings. The van der Waals surface area contributed by atoms with Crippen LogP contribution in [-0.4, -0.2) is 16.1 Å². The molecule has 0 rings (SSSR count). The first-order valence-electron chi connectivity index (χ1n) is 4.52. The molecule has 0 fully saturated rings. The minimum atomic E-state index is -0.682. The second-order valence-electron chi connectivity index (χ2n) is 3.68.